The van der Waals surface area contributed by atoms with Gasteiger partial charge < -0.3 is 9.64 Å². The van der Waals surface area contributed by atoms with Crippen molar-refractivity contribution in [1.29, 1.82) is 0 Å². The number of amides is 1. The number of nitrogens with zero attached hydrogens (tertiary/aromatic N) is 1. The fourth-order valence-electron chi connectivity index (χ4n) is 2.37. The number of methoxy groups -OCH3 is 1. The summed E-state index contributed by atoms with van der Waals surface area (Å²) in [5, 5.41) is 0.148. The van der Waals surface area contributed by atoms with Gasteiger partial charge in [0.05, 0.1) is 23.3 Å². The molecule has 1 aromatic carbocycles. The molecule has 1 aliphatic rings. The maximum atomic E-state index is 14.0. The first-order valence-corrected chi connectivity index (χ1v) is 7.18. The Morgan fingerprint density at radius 1 is 1.48 bits per heavy atom. The zero-order valence-electron chi connectivity index (χ0n) is 12.7. The fraction of sp³-hybridized carbons (Fsp3) is 0.176. The van der Waals surface area contributed by atoms with E-state index in [-0.39, 0.29) is 28.3 Å². The molecule has 0 saturated heterocycles. The van der Waals surface area contributed by atoms with Crippen molar-refractivity contribution in [3.05, 3.63) is 64.1 Å². The number of carbonyl (C=O) groups excluding carboxylic acids is 2. The van der Waals surface area contributed by atoms with Gasteiger partial charge in [-0.1, -0.05) is 23.7 Å². The molecule has 120 valence electrons. The lowest BCUT2D eigenvalue weighted by Gasteiger charge is -2.14. The minimum absolute atomic E-state index is 0.0446. The predicted octanol–water partition coefficient (Wildman–Crippen LogP) is 3.34. The summed E-state index contributed by atoms with van der Waals surface area (Å²) >= 11 is 5.99. The first kappa shape index (κ1) is 17.0. The smallest absolute Gasteiger partial charge is 0.340 e. The van der Waals surface area contributed by atoms with E-state index >= 15 is 0 Å². The highest BCUT2D eigenvalue weighted by Crippen LogP contribution is 2.33. The van der Waals surface area contributed by atoms with Crippen LogP contribution in [0.1, 0.15) is 12.5 Å². The van der Waals surface area contributed by atoms with Crippen LogP contribution in [0.5, 0.6) is 0 Å². The van der Waals surface area contributed by atoms with Gasteiger partial charge in [0.2, 0.25) is 0 Å². The van der Waals surface area contributed by atoms with Crippen LogP contribution in [-0.4, -0.2) is 30.4 Å². The summed E-state index contributed by atoms with van der Waals surface area (Å²) in [7, 11) is 1.22. The van der Waals surface area contributed by atoms with Gasteiger partial charge in [-0.2, -0.15) is 0 Å². The van der Waals surface area contributed by atoms with Crippen molar-refractivity contribution in [2.24, 2.45) is 0 Å². The van der Waals surface area contributed by atoms with Crippen LogP contribution in [0, 0.1) is 5.82 Å². The molecule has 6 heteroatoms. The monoisotopic (exact) mass is 335 g/mol. The number of rotatable bonds is 4. The third-order valence-corrected chi connectivity index (χ3v) is 3.83. The Labute approximate surface area is 138 Å². The summed E-state index contributed by atoms with van der Waals surface area (Å²) < 4.78 is 18.7. The van der Waals surface area contributed by atoms with Crippen LogP contribution in [-0.2, 0) is 14.3 Å². The summed E-state index contributed by atoms with van der Waals surface area (Å²) in [6.45, 7) is 5.44. The van der Waals surface area contributed by atoms with Crippen molar-refractivity contribution in [3.8, 4) is 0 Å². The SMILES string of the molecule is C=CCN1C(=O)C(=Cc2c(F)cccc2Cl)C(C(=O)OC)=C1C. The zero-order chi connectivity index (χ0) is 17.1. The molecular formula is C17H15ClFNO3. The van der Waals surface area contributed by atoms with E-state index in [4.69, 9.17) is 16.3 Å². The summed E-state index contributed by atoms with van der Waals surface area (Å²) in [5.41, 5.74) is 0.620. The topological polar surface area (TPSA) is 46.6 Å². The van der Waals surface area contributed by atoms with Crippen molar-refractivity contribution < 1.29 is 18.7 Å². The molecule has 1 aromatic rings. The minimum Gasteiger partial charge on any atom is -0.465 e. The van der Waals surface area contributed by atoms with Gasteiger partial charge in [0.25, 0.3) is 5.91 Å². The highest BCUT2D eigenvalue weighted by atomic mass is 35.5. The molecule has 0 unspecified atom stereocenters. The van der Waals surface area contributed by atoms with Crippen LogP contribution in [0.15, 0.2) is 47.7 Å². The Balaban J connectivity index is 2.63. The first-order chi connectivity index (χ1) is 10.9. The number of halogens is 2. The summed E-state index contributed by atoms with van der Waals surface area (Å²) in [6.07, 6.45) is 2.81. The molecule has 0 fully saturated rings. The standard InChI is InChI=1S/C17H15ClFNO3/c1-4-8-20-10(2)15(17(22)23-3)12(16(20)21)9-11-13(18)6-5-7-14(11)19/h4-7,9H,1,8H2,2-3H3. The number of benzene rings is 1. The molecule has 0 spiro atoms. The highest BCUT2D eigenvalue weighted by molar-refractivity contribution is 6.32. The molecule has 1 amide bonds. The Morgan fingerprint density at radius 3 is 2.74 bits per heavy atom. The number of ether oxygens (including phenoxy) is 1. The molecule has 1 aliphatic heterocycles. The third kappa shape index (κ3) is 3.05. The van der Waals surface area contributed by atoms with Gasteiger partial charge in [-0.05, 0) is 25.1 Å². The van der Waals surface area contributed by atoms with Crippen LogP contribution in [0.25, 0.3) is 6.08 Å². The van der Waals surface area contributed by atoms with E-state index in [1.807, 2.05) is 0 Å². The largest absolute Gasteiger partial charge is 0.465 e. The van der Waals surface area contributed by atoms with Gasteiger partial charge in [-0.15, -0.1) is 6.58 Å². The van der Waals surface area contributed by atoms with E-state index in [1.165, 1.54) is 42.4 Å². The molecule has 1 heterocycles. The normalized spacial score (nSPS) is 16.3. The molecular weight excluding hydrogens is 321 g/mol. The quantitative estimate of drug-likeness (QED) is 0.481. The van der Waals surface area contributed by atoms with Crippen LogP contribution < -0.4 is 0 Å². The average Bonchev–Trinajstić information content (AvgIpc) is 2.75. The third-order valence-electron chi connectivity index (χ3n) is 3.50. The lowest BCUT2D eigenvalue weighted by atomic mass is 10.0. The van der Waals surface area contributed by atoms with Crippen molar-refractivity contribution in [2.75, 3.05) is 13.7 Å². The maximum absolute atomic E-state index is 14.0. The van der Waals surface area contributed by atoms with E-state index in [2.05, 4.69) is 6.58 Å². The van der Waals surface area contributed by atoms with E-state index in [0.29, 0.717) is 5.70 Å². The minimum atomic E-state index is -0.666. The molecule has 0 N–H and O–H groups in total. The van der Waals surface area contributed by atoms with Gasteiger partial charge in [0.1, 0.15) is 5.82 Å². The van der Waals surface area contributed by atoms with Crippen LogP contribution in [0.2, 0.25) is 5.02 Å². The molecule has 0 atom stereocenters. The van der Waals surface area contributed by atoms with Crippen molar-refractivity contribution in [1.82, 2.24) is 4.90 Å². The van der Waals surface area contributed by atoms with Gasteiger partial charge in [0, 0.05) is 17.8 Å². The predicted molar refractivity (Wildman–Crippen MR) is 86.0 cm³/mol. The number of hydrogen-bond donors (Lipinski definition) is 0. The Bertz CT molecular complexity index is 732. The number of esters is 1. The Morgan fingerprint density at radius 2 is 2.17 bits per heavy atom. The first-order valence-electron chi connectivity index (χ1n) is 6.80. The van der Waals surface area contributed by atoms with Crippen molar-refractivity contribution >= 4 is 29.6 Å². The second kappa shape index (κ2) is 6.79. The molecule has 0 saturated carbocycles. The van der Waals surface area contributed by atoms with E-state index < -0.39 is 17.7 Å². The lowest BCUT2D eigenvalue weighted by molar-refractivity contribution is -0.136. The Hall–Kier alpha value is -2.40. The molecule has 0 aliphatic carbocycles. The molecule has 0 aromatic heterocycles. The second-order valence-corrected chi connectivity index (χ2v) is 5.26. The van der Waals surface area contributed by atoms with E-state index in [9.17, 15) is 14.0 Å². The average molecular weight is 336 g/mol. The van der Waals surface area contributed by atoms with Crippen molar-refractivity contribution in [3.63, 3.8) is 0 Å². The molecule has 0 bridgehead atoms. The number of carbonyl (C=O) groups is 2. The number of hydrogen-bond acceptors (Lipinski definition) is 3. The Kier molecular flexibility index (Phi) is 5.01. The van der Waals surface area contributed by atoms with E-state index in [1.54, 1.807) is 6.92 Å². The van der Waals surface area contributed by atoms with Gasteiger partial charge >= 0.3 is 5.97 Å². The summed E-state index contributed by atoms with van der Waals surface area (Å²) in [6, 6.07) is 4.20. The van der Waals surface area contributed by atoms with E-state index in [0.717, 1.165) is 0 Å². The molecule has 2 rings (SSSR count). The van der Waals surface area contributed by atoms with Gasteiger partial charge in [-0.25, -0.2) is 9.18 Å². The van der Waals surface area contributed by atoms with Crippen LogP contribution in [0.4, 0.5) is 4.39 Å². The van der Waals surface area contributed by atoms with Crippen molar-refractivity contribution in [2.45, 2.75) is 6.92 Å². The molecule has 0 radical (unpaired) electrons. The number of allylic oxidation sites excluding steroid dienone is 1. The second-order valence-electron chi connectivity index (χ2n) is 4.85. The molecule has 23 heavy (non-hydrogen) atoms. The highest BCUT2D eigenvalue weighted by Gasteiger charge is 2.36. The van der Waals surface area contributed by atoms with Gasteiger partial charge in [0.15, 0.2) is 0 Å². The molecule has 4 nitrogen and oxygen atoms in total. The lowest BCUT2D eigenvalue weighted by Crippen LogP contribution is -2.25. The zero-order valence-corrected chi connectivity index (χ0v) is 13.5. The summed E-state index contributed by atoms with van der Waals surface area (Å²) in [4.78, 5) is 26.0. The maximum Gasteiger partial charge on any atom is 0.340 e. The van der Waals surface area contributed by atoms with Crippen LogP contribution in [0.3, 0.4) is 0 Å². The van der Waals surface area contributed by atoms with Gasteiger partial charge in [-0.3, -0.25) is 4.79 Å². The van der Waals surface area contributed by atoms with Crippen LogP contribution >= 0.6 is 11.6 Å². The fourth-order valence-corrected chi connectivity index (χ4v) is 2.59. The summed E-state index contributed by atoms with van der Waals surface area (Å²) in [5.74, 6) is -1.68.